The molecule has 0 saturated carbocycles. The predicted molar refractivity (Wildman–Crippen MR) is 57.7 cm³/mol. The number of carbonyl (C=O) groups is 1. The smallest absolute Gasteiger partial charge is 0.416 e. The van der Waals surface area contributed by atoms with Crippen LogP contribution in [-0.4, -0.2) is 18.3 Å². The maximum Gasteiger partial charge on any atom is 0.416 e. The van der Waals surface area contributed by atoms with Gasteiger partial charge >= 0.3 is 12.8 Å². The van der Waals surface area contributed by atoms with E-state index in [1.807, 2.05) is 0 Å². The second-order valence-corrected chi connectivity index (χ2v) is 3.83. The Balaban J connectivity index is 3.22. The predicted octanol–water partition coefficient (Wildman–Crippen LogP) is 4.12. The Morgan fingerprint density at radius 2 is 1.95 bits per heavy atom. The van der Waals surface area contributed by atoms with Gasteiger partial charge in [0.15, 0.2) is 5.78 Å². The maximum atomic E-state index is 12.5. The third-order valence-corrected chi connectivity index (χ3v) is 2.33. The van der Waals surface area contributed by atoms with Gasteiger partial charge in [0.2, 0.25) is 0 Å². The van der Waals surface area contributed by atoms with E-state index in [9.17, 15) is 26.7 Å². The molecule has 0 N–H and O–H groups in total. The quantitative estimate of drug-likeness (QED) is 0.464. The Hall–Kier alpha value is -1.37. The molecule has 0 bridgehead atoms. The Kier molecular flexibility index (Phi) is 5.11. The number of halogens is 6. The number of benzene rings is 1. The van der Waals surface area contributed by atoms with Gasteiger partial charge in [0.05, 0.1) is 11.1 Å². The lowest BCUT2D eigenvalue weighted by Gasteiger charge is -2.13. The summed E-state index contributed by atoms with van der Waals surface area (Å²) in [4.78, 5) is 11.5. The van der Waals surface area contributed by atoms with Crippen molar-refractivity contribution in [1.29, 1.82) is 0 Å². The highest BCUT2D eigenvalue weighted by Gasteiger charge is 2.32. The maximum absolute atomic E-state index is 12.5. The molecule has 0 aliphatic rings. The van der Waals surface area contributed by atoms with Crippen molar-refractivity contribution in [2.75, 3.05) is 5.88 Å². The third-order valence-electron chi connectivity index (χ3n) is 2.14. The topological polar surface area (TPSA) is 26.3 Å². The third kappa shape index (κ3) is 4.34. The number of ether oxygens (including phenoxy) is 1. The van der Waals surface area contributed by atoms with Crippen molar-refractivity contribution in [2.24, 2.45) is 0 Å². The highest BCUT2D eigenvalue weighted by atomic mass is 35.5. The van der Waals surface area contributed by atoms with Gasteiger partial charge in [-0.3, -0.25) is 4.79 Å². The highest BCUT2D eigenvalue weighted by molar-refractivity contribution is 6.19. The van der Waals surface area contributed by atoms with E-state index in [1.165, 1.54) is 0 Å². The molecular formula is C11H8ClF5O2. The van der Waals surface area contributed by atoms with E-state index >= 15 is 0 Å². The van der Waals surface area contributed by atoms with Gasteiger partial charge in [0.1, 0.15) is 5.75 Å². The van der Waals surface area contributed by atoms with Crippen molar-refractivity contribution in [3.63, 3.8) is 0 Å². The van der Waals surface area contributed by atoms with Crippen LogP contribution < -0.4 is 4.74 Å². The molecule has 106 valence electrons. The molecule has 0 radical (unpaired) electrons. The Morgan fingerprint density at radius 3 is 2.42 bits per heavy atom. The fourth-order valence-electron chi connectivity index (χ4n) is 1.34. The Labute approximate surface area is 110 Å². The molecule has 0 aliphatic carbocycles. The summed E-state index contributed by atoms with van der Waals surface area (Å²) in [7, 11) is 0. The van der Waals surface area contributed by atoms with Crippen LogP contribution in [0, 0.1) is 0 Å². The van der Waals surface area contributed by atoms with Crippen LogP contribution in [0.15, 0.2) is 18.2 Å². The second-order valence-electron chi connectivity index (χ2n) is 3.45. The molecule has 0 amide bonds. The standard InChI is InChI=1S/C11H8ClF5O2/c12-4-3-8(18)7-5-6(11(15,16)17)1-2-9(7)19-10(13)14/h1-2,5,10H,3-4H2. The minimum absolute atomic E-state index is 0.136. The summed E-state index contributed by atoms with van der Waals surface area (Å²) in [6.45, 7) is -3.24. The number of ketones is 1. The number of Topliss-reactive ketones (excluding diaryl/α,β-unsaturated/α-hetero) is 1. The molecule has 1 aromatic rings. The molecule has 1 aromatic carbocycles. The number of hydrogen-bond acceptors (Lipinski definition) is 2. The van der Waals surface area contributed by atoms with Gasteiger partial charge in [-0.15, -0.1) is 11.6 Å². The summed E-state index contributed by atoms with van der Waals surface area (Å²) in [5.74, 6) is -1.53. The van der Waals surface area contributed by atoms with Gasteiger partial charge in [-0.2, -0.15) is 22.0 Å². The average molecular weight is 303 g/mol. The Bertz CT molecular complexity index is 459. The zero-order valence-electron chi connectivity index (χ0n) is 9.31. The summed E-state index contributed by atoms with van der Waals surface area (Å²) >= 11 is 5.30. The van der Waals surface area contributed by atoms with Crippen LogP contribution in [0.1, 0.15) is 22.3 Å². The molecule has 0 aromatic heterocycles. The molecule has 0 heterocycles. The van der Waals surface area contributed by atoms with Gasteiger partial charge in [-0.1, -0.05) is 0 Å². The van der Waals surface area contributed by atoms with Crippen LogP contribution in [0.2, 0.25) is 0 Å². The molecule has 0 aliphatic heterocycles. The summed E-state index contributed by atoms with van der Waals surface area (Å²) in [5.41, 5.74) is -1.68. The van der Waals surface area contributed by atoms with Gasteiger partial charge in [0.25, 0.3) is 0 Å². The van der Waals surface area contributed by atoms with E-state index < -0.39 is 35.4 Å². The van der Waals surface area contributed by atoms with Crippen molar-refractivity contribution < 1.29 is 31.5 Å². The minimum atomic E-state index is -4.68. The minimum Gasteiger partial charge on any atom is -0.434 e. The van der Waals surface area contributed by atoms with Crippen LogP contribution >= 0.6 is 11.6 Å². The zero-order chi connectivity index (χ0) is 14.6. The van der Waals surface area contributed by atoms with Crippen LogP contribution in [0.25, 0.3) is 0 Å². The second kappa shape index (κ2) is 6.18. The summed E-state index contributed by atoms with van der Waals surface area (Å²) < 4.78 is 65.7. The number of rotatable bonds is 5. The summed E-state index contributed by atoms with van der Waals surface area (Å²) in [5, 5.41) is 0. The first-order chi connectivity index (χ1) is 8.75. The van der Waals surface area contributed by atoms with Crippen LogP contribution in [0.3, 0.4) is 0 Å². The molecule has 2 nitrogen and oxygen atoms in total. The molecule has 19 heavy (non-hydrogen) atoms. The molecule has 0 saturated heterocycles. The van der Waals surface area contributed by atoms with Crippen LogP contribution in [-0.2, 0) is 6.18 Å². The first kappa shape index (κ1) is 15.7. The largest absolute Gasteiger partial charge is 0.434 e. The molecule has 0 atom stereocenters. The molecule has 0 fully saturated rings. The van der Waals surface area contributed by atoms with Crippen LogP contribution in [0.5, 0.6) is 5.75 Å². The summed E-state index contributed by atoms with van der Waals surface area (Å²) in [6, 6.07) is 1.73. The lowest BCUT2D eigenvalue weighted by molar-refractivity contribution is -0.137. The van der Waals surface area contributed by atoms with Crippen molar-refractivity contribution in [3.05, 3.63) is 29.3 Å². The first-order valence-electron chi connectivity index (χ1n) is 5.01. The van der Waals surface area contributed by atoms with Crippen molar-refractivity contribution in [1.82, 2.24) is 0 Å². The van der Waals surface area contributed by atoms with Crippen LogP contribution in [0.4, 0.5) is 22.0 Å². The van der Waals surface area contributed by atoms with E-state index in [2.05, 4.69) is 4.74 Å². The first-order valence-corrected chi connectivity index (χ1v) is 5.54. The van der Waals surface area contributed by atoms with Gasteiger partial charge in [0, 0.05) is 12.3 Å². The van der Waals surface area contributed by atoms with E-state index in [0.29, 0.717) is 18.2 Å². The molecule has 0 spiro atoms. The van der Waals surface area contributed by atoms with Gasteiger partial charge in [-0.05, 0) is 18.2 Å². The highest BCUT2D eigenvalue weighted by Crippen LogP contribution is 2.33. The van der Waals surface area contributed by atoms with E-state index in [0.717, 1.165) is 0 Å². The van der Waals surface area contributed by atoms with Gasteiger partial charge in [-0.25, -0.2) is 0 Å². The number of carbonyl (C=O) groups excluding carboxylic acids is 1. The molecule has 0 unspecified atom stereocenters. The molecule has 8 heteroatoms. The zero-order valence-corrected chi connectivity index (χ0v) is 10.1. The molecule has 1 rings (SSSR count). The average Bonchev–Trinajstić information content (AvgIpc) is 2.27. The SMILES string of the molecule is O=C(CCCl)c1cc(C(F)(F)F)ccc1OC(F)F. The van der Waals surface area contributed by atoms with Gasteiger partial charge < -0.3 is 4.74 Å². The van der Waals surface area contributed by atoms with Crippen molar-refractivity contribution in [2.45, 2.75) is 19.2 Å². The number of alkyl halides is 6. The molecular weight excluding hydrogens is 295 g/mol. The monoisotopic (exact) mass is 302 g/mol. The van der Waals surface area contributed by atoms with E-state index in [4.69, 9.17) is 11.6 Å². The summed E-state index contributed by atoms with van der Waals surface area (Å²) in [6.07, 6.45) is -4.96. The van der Waals surface area contributed by atoms with Crippen molar-refractivity contribution >= 4 is 17.4 Å². The normalized spacial score (nSPS) is 11.7. The Morgan fingerprint density at radius 1 is 1.32 bits per heavy atom. The van der Waals surface area contributed by atoms with Crippen molar-refractivity contribution in [3.8, 4) is 5.75 Å². The number of hydrogen-bond donors (Lipinski definition) is 0. The van der Waals surface area contributed by atoms with E-state index in [-0.39, 0.29) is 12.3 Å². The fourth-order valence-corrected chi connectivity index (χ4v) is 1.52. The fraction of sp³-hybridized carbons (Fsp3) is 0.364. The lowest BCUT2D eigenvalue weighted by Crippen LogP contribution is -2.12. The lowest BCUT2D eigenvalue weighted by atomic mass is 10.0. The van der Waals surface area contributed by atoms with E-state index in [1.54, 1.807) is 0 Å².